The predicted octanol–water partition coefficient (Wildman–Crippen LogP) is 1.14. The number of benzene rings is 1. The molecule has 0 fully saturated rings. The smallest absolute Gasteiger partial charge is 0.328 e. The highest BCUT2D eigenvalue weighted by Crippen LogP contribution is 2.15. The van der Waals surface area contributed by atoms with E-state index in [1.807, 2.05) is 0 Å². The van der Waals surface area contributed by atoms with Gasteiger partial charge in [-0.25, -0.2) is 9.78 Å². The highest BCUT2D eigenvalue weighted by atomic mass is 16.4. The number of carboxylic acids is 1. The van der Waals surface area contributed by atoms with E-state index in [-0.39, 0.29) is 0 Å². The standard InChI is InChI=1S/C11H9N3O3/c15-10(3-4-11(16)17)14-7-1-2-8-9(5-7)13-6-12-8/h1-6H,(H,12,13)(H,14,15)(H,16,17)/b4-3-. The maximum absolute atomic E-state index is 11.3. The minimum absolute atomic E-state index is 0.494. The fourth-order valence-electron chi connectivity index (χ4n) is 1.34. The van der Waals surface area contributed by atoms with Crippen molar-refractivity contribution in [2.45, 2.75) is 0 Å². The lowest BCUT2D eigenvalue weighted by Crippen LogP contribution is -2.08. The molecule has 3 N–H and O–H groups in total. The Morgan fingerprint density at radius 1 is 1.35 bits per heavy atom. The molecule has 0 unspecified atom stereocenters. The number of imidazole rings is 1. The number of nitrogens with one attached hydrogen (secondary N) is 2. The lowest BCUT2D eigenvalue weighted by Gasteiger charge is -2.01. The summed E-state index contributed by atoms with van der Waals surface area (Å²) in [5, 5.41) is 10.9. The van der Waals surface area contributed by atoms with E-state index < -0.39 is 11.9 Å². The second-order valence-corrected chi connectivity index (χ2v) is 3.30. The molecule has 1 aromatic heterocycles. The Hall–Kier alpha value is -2.63. The molecule has 0 spiro atoms. The van der Waals surface area contributed by atoms with Gasteiger partial charge in [-0.2, -0.15) is 0 Å². The summed E-state index contributed by atoms with van der Waals surface area (Å²) >= 11 is 0. The number of amides is 1. The van der Waals surface area contributed by atoms with Crippen molar-refractivity contribution in [2.24, 2.45) is 0 Å². The van der Waals surface area contributed by atoms with Crippen LogP contribution < -0.4 is 5.32 Å². The van der Waals surface area contributed by atoms with Crippen molar-refractivity contribution in [1.82, 2.24) is 9.97 Å². The quantitative estimate of drug-likeness (QED) is 0.690. The third kappa shape index (κ3) is 2.69. The van der Waals surface area contributed by atoms with Gasteiger partial charge in [-0.15, -0.1) is 0 Å². The van der Waals surface area contributed by atoms with E-state index in [9.17, 15) is 9.59 Å². The van der Waals surface area contributed by atoms with E-state index in [2.05, 4.69) is 15.3 Å². The molecule has 0 saturated carbocycles. The van der Waals surface area contributed by atoms with Crippen LogP contribution in [0.3, 0.4) is 0 Å². The number of hydrogen-bond acceptors (Lipinski definition) is 3. The third-order valence-electron chi connectivity index (χ3n) is 2.07. The second kappa shape index (κ2) is 4.48. The number of nitrogens with zero attached hydrogens (tertiary/aromatic N) is 1. The molecule has 17 heavy (non-hydrogen) atoms. The molecule has 0 aliphatic carbocycles. The zero-order valence-corrected chi connectivity index (χ0v) is 8.68. The van der Waals surface area contributed by atoms with Gasteiger partial charge in [-0.3, -0.25) is 4.79 Å². The van der Waals surface area contributed by atoms with Crippen LogP contribution in [0.15, 0.2) is 36.7 Å². The van der Waals surface area contributed by atoms with Gasteiger partial charge >= 0.3 is 5.97 Å². The Kier molecular flexibility index (Phi) is 2.87. The van der Waals surface area contributed by atoms with Crippen molar-refractivity contribution in [3.63, 3.8) is 0 Å². The van der Waals surface area contributed by atoms with Crippen molar-refractivity contribution < 1.29 is 14.7 Å². The van der Waals surface area contributed by atoms with E-state index in [0.717, 1.165) is 23.2 Å². The van der Waals surface area contributed by atoms with Crippen LogP contribution in [-0.2, 0) is 9.59 Å². The van der Waals surface area contributed by atoms with Gasteiger partial charge < -0.3 is 15.4 Å². The second-order valence-electron chi connectivity index (χ2n) is 3.30. The van der Waals surface area contributed by atoms with Gasteiger partial charge in [0.15, 0.2) is 0 Å². The van der Waals surface area contributed by atoms with Crippen LogP contribution in [0.25, 0.3) is 11.0 Å². The molecule has 2 rings (SSSR count). The number of aliphatic carboxylic acids is 1. The minimum Gasteiger partial charge on any atom is -0.478 e. The first kappa shape index (κ1) is 10.9. The summed E-state index contributed by atoms with van der Waals surface area (Å²) in [5.41, 5.74) is 2.16. The normalized spacial score (nSPS) is 10.8. The van der Waals surface area contributed by atoms with Crippen molar-refractivity contribution in [3.8, 4) is 0 Å². The molecule has 0 aliphatic heterocycles. The molecule has 1 heterocycles. The zero-order valence-electron chi connectivity index (χ0n) is 8.68. The molecular weight excluding hydrogens is 222 g/mol. The Morgan fingerprint density at radius 2 is 2.18 bits per heavy atom. The van der Waals surface area contributed by atoms with Crippen molar-refractivity contribution in [3.05, 3.63) is 36.7 Å². The molecule has 0 bridgehead atoms. The average Bonchev–Trinajstić information content (AvgIpc) is 2.73. The monoisotopic (exact) mass is 231 g/mol. The molecule has 0 atom stereocenters. The first-order valence-corrected chi connectivity index (χ1v) is 4.80. The summed E-state index contributed by atoms with van der Waals surface area (Å²) in [7, 11) is 0. The Bertz CT molecular complexity index is 601. The molecule has 6 nitrogen and oxygen atoms in total. The number of carbonyl (C=O) groups excluding carboxylic acids is 1. The first-order valence-electron chi connectivity index (χ1n) is 4.80. The first-order chi connectivity index (χ1) is 8.15. The summed E-state index contributed by atoms with van der Waals surface area (Å²) in [5.74, 6) is -1.66. The highest BCUT2D eigenvalue weighted by Gasteiger charge is 2.01. The molecule has 0 saturated heterocycles. The number of aromatic amines is 1. The van der Waals surface area contributed by atoms with Crippen LogP contribution in [-0.4, -0.2) is 27.0 Å². The lowest BCUT2D eigenvalue weighted by molar-refractivity contribution is -0.131. The number of carboxylic acid groups (broad SMARTS) is 1. The summed E-state index contributed by atoms with van der Waals surface area (Å²) in [6.45, 7) is 0. The van der Waals surface area contributed by atoms with Crippen LogP contribution in [0.4, 0.5) is 5.69 Å². The topological polar surface area (TPSA) is 95.1 Å². The summed E-state index contributed by atoms with van der Waals surface area (Å²) in [6.07, 6.45) is 3.30. The zero-order chi connectivity index (χ0) is 12.3. The number of H-pyrrole nitrogens is 1. The molecule has 2 aromatic rings. The Balaban J connectivity index is 2.12. The molecule has 0 radical (unpaired) electrons. The van der Waals surface area contributed by atoms with E-state index in [1.165, 1.54) is 0 Å². The van der Waals surface area contributed by atoms with E-state index in [4.69, 9.17) is 5.11 Å². The largest absolute Gasteiger partial charge is 0.478 e. The maximum Gasteiger partial charge on any atom is 0.328 e. The number of fused-ring (bicyclic) bond motifs is 1. The lowest BCUT2D eigenvalue weighted by atomic mass is 10.2. The van der Waals surface area contributed by atoms with Crippen LogP contribution in [0.1, 0.15) is 0 Å². The van der Waals surface area contributed by atoms with E-state index in [1.54, 1.807) is 24.5 Å². The summed E-state index contributed by atoms with van der Waals surface area (Å²) in [6, 6.07) is 5.16. The molecule has 6 heteroatoms. The Morgan fingerprint density at radius 3 is 2.94 bits per heavy atom. The van der Waals surface area contributed by atoms with Crippen molar-refractivity contribution in [2.75, 3.05) is 5.32 Å². The minimum atomic E-state index is -1.16. The molecule has 1 aromatic carbocycles. The predicted molar refractivity (Wildman–Crippen MR) is 61.5 cm³/mol. The fourth-order valence-corrected chi connectivity index (χ4v) is 1.34. The number of carbonyl (C=O) groups is 2. The van der Waals surface area contributed by atoms with Gasteiger partial charge in [-0.05, 0) is 18.2 Å². The van der Waals surface area contributed by atoms with Gasteiger partial charge in [-0.1, -0.05) is 0 Å². The van der Waals surface area contributed by atoms with Gasteiger partial charge in [0.2, 0.25) is 5.91 Å². The van der Waals surface area contributed by atoms with Crippen molar-refractivity contribution >= 4 is 28.6 Å². The third-order valence-corrected chi connectivity index (χ3v) is 2.07. The molecule has 86 valence electrons. The van der Waals surface area contributed by atoms with Crippen LogP contribution in [0.5, 0.6) is 0 Å². The fraction of sp³-hybridized carbons (Fsp3) is 0. The highest BCUT2D eigenvalue weighted by molar-refractivity contribution is 6.03. The molecular formula is C11H9N3O3. The van der Waals surface area contributed by atoms with Gasteiger partial charge in [0.05, 0.1) is 17.4 Å². The number of rotatable bonds is 3. The SMILES string of the molecule is O=C(O)/C=C\C(=O)Nc1ccc2nc[nH]c2c1. The maximum atomic E-state index is 11.3. The van der Waals surface area contributed by atoms with Crippen LogP contribution >= 0.6 is 0 Å². The molecule has 0 aliphatic rings. The number of anilines is 1. The van der Waals surface area contributed by atoms with Gasteiger partial charge in [0.25, 0.3) is 0 Å². The van der Waals surface area contributed by atoms with Crippen molar-refractivity contribution in [1.29, 1.82) is 0 Å². The molecule has 1 amide bonds. The number of hydrogen-bond donors (Lipinski definition) is 3. The summed E-state index contributed by atoms with van der Waals surface area (Å²) < 4.78 is 0. The Labute approximate surface area is 96.0 Å². The van der Waals surface area contributed by atoms with Crippen LogP contribution in [0.2, 0.25) is 0 Å². The summed E-state index contributed by atoms with van der Waals surface area (Å²) in [4.78, 5) is 28.5. The van der Waals surface area contributed by atoms with Crippen LogP contribution in [0, 0.1) is 0 Å². The average molecular weight is 231 g/mol. The van der Waals surface area contributed by atoms with Gasteiger partial charge in [0.1, 0.15) is 0 Å². The van der Waals surface area contributed by atoms with E-state index in [0.29, 0.717) is 5.69 Å². The van der Waals surface area contributed by atoms with E-state index >= 15 is 0 Å². The van der Waals surface area contributed by atoms with Gasteiger partial charge in [0, 0.05) is 17.8 Å². The number of aromatic nitrogens is 2.